The molecule has 2 aromatic rings. The van der Waals surface area contributed by atoms with E-state index in [-0.39, 0.29) is 23.5 Å². The van der Waals surface area contributed by atoms with Crippen LogP contribution in [0.4, 0.5) is 0 Å². The lowest BCUT2D eigenvalue weighted by atomic mass is 9.87. The minimum atomic E-state index is -0.472. The number of nitrogens with zero attached hydrogens (tertiary/aromatic N) is 1. The number of nitrogens with one attached hydrogen (secondary N) is 1. The molecule has 1 saturated heterocycles. The lowest BCUT2D eigenvalue weighted by Gasteiger charge is -2.34. The summed E-state index contributed by atoms with van der Waals surface area (Å²) in [6.45, 7) is 1.78. The van der Waals surface area contributed by atoms with E-state index in [2.05, 4.69) is 5.32 Å². The molecule has 2 N–H and O–H groups in total. The van der Waals surface area contributed by atoms with Crippen LogP contribution < -0.4 is 5.32 Å². The molecule has 1 aromatic carbocycles. The topological polar surface area (TPSA) is 82.8 Å². The van der Waals surface area contributed by atoms with Gasteiger partial charge in [-0.3, -0.25) is 9.59 Å². The van der Waals surface area contributed by atoms with Gasteiger partial charge in [0.25, 0.3) is 5.91 Å². The summed E-state index contributed by atoms with van der Waals surface area (Å²) in [4.78, 5) is 26.0. The molecule has 0 saturated carbocycles. The zero-order chi connectivity index (χ0) is 19.1. The van der Waals surface area contributed by atoms with Gasteiger partial charge in [-0.15, -0.1) is 0 Å². The van der Waals surface area contributed by atoms with Crippen molar-refractivity contribution in [3.63, 3.8) is 0 Å². The van der Waals surface area contributed by atoms with Crippen LogP contribution in [0.5, 0.6) is 0 Å². The molecule has 1 atom stereocenters. The maximum atomic E-state index is 12.4. The molecule has 1 aliphatic heterocycles. The Kier molecular flexibility index (Phi) is 6.65. The highest BCUT2D eigenvalue weighted by Crippen LogP contribution is 2.30. The second-order valence-electron chi connectivity index (χ2n) is 6.91. The molecule has 0 spiro atoms. The molecule has 144 valence electrons. The third kappa shape index (κ3) is 5.20. The Labute approximate surface area is 159 Å². The fourth-order valence-corrected chi connectivity index (χ4v) is 3.48. The second-order valence-corrected chi connectivity index (χ2v) is 6.91. The normalized spacial score (nSPS) is 16.1. The van der Waals surface area contributed by atoms with Gasteiger partial charge < -0.3 is 19.7 Å². The van der Waals surface area contributed by atoms with Crippen molar-refractivity contribution in [2.75, 3.05) is 19.6 Å². The van der Waals surface area contributed by atoms with Crippen LogP contribution in [-0.2, 0) is 4.79 Å². The molecule has 0 aliphatic carbocycles. The molecular formula is C21H26N2O4. The summed E-state index contributed by atoms with van der Waals surface area (Å²) < 4.78 is 5.02. The number of carbonyl (C=O) groups excluding carboxylic acids is 2. The minimum Gasteiger partial charge on any atom is -0.459 e. The molecule has 1 fully saturated rings. The van der Waals surface area contributed by atoms with Crippen molar-refractivity contribution < 1.29 is 19.1 Å². The molecule has 0 radical (unpaired) electrons. The van der Waals surface area contributed by atoms with Crippen molar-refractivity contribution in [1.29, 1.82) is 0 Å². The number of furan rings is 1. The molecule has 1 aromatic heterocycles. The first-order chi connectivity index (χ1) is 13.1. The highest BCUT2D eigenvalue weighted by molar-refractivity contribution is 5.91. The van der Waals surface area contributed by atoms with Gasteiger partial charge in [0.2, 0.25) is 5.91 Å². The monoisotopic (exact) mass is 370 g/mol. The largest absolute Gasteiger partial charge is 0.459 e. The smallest absolute Gasteiger partial charge is 0.286 e. The number of piperidine rings is 1. The van der Waals surface area contributed by atoms with Crippen LogP contribution in [0.1, 0.15) is 47.9 Å². The lowest BCUT2D eigenvalue weighted by Crippen LogP contribution is -2.40. The van der Waals surface area contributed by atoms with E-state index in [1.54, 1.807) is 12.1 Å². The van der Waals surface area contributed by atoms with Crippen LogP contribution in [0, 0.1) is 5.92 Å². The Hall–Kier alpha value is -2.60. The molecule has 6 heteroatoms. The number of benzene rings is 1. The van der Waals surface area contributed by atoms with Crippen molar-refractivity contribution >= 4 is 11.8 Å². The van der Waals surface area contributed by atoms with Gasteiger partial charge in [0, 0.05) is 26.1 Å². The molecule has 0 bridgehead atoms. The summed E-state index contributed by atoms with van der Waals surface area (Å²) in [6, 6.07) is 13.0. The molecule has 1 unspecified atom stereocenters. The zero-order valence-electron chi connectivity index (χ0n) is 15.3. The Morgan fingerprint density at radius 1 is 1.15 bits per heavy atom. The number of aliphatic hydroxyl groups excluding tert-OH is 1. The van der Waals surface area contributed by atoms with E-state index >= 15 is 0 Å². The van der Waals surface area contributed by atoms with E-state index < -0.39 is 6.10 Å². The minimum absolute atomic E-state index is 0.106. The number of hydrogen-bond acceptors (Lipinski definition) is 4. The van der Waals surface area contributed by atoms with Gasteiger partial charge in [-0.25, -0.2) is 0 Å². The third-order valence-electron chi connectivity index (χ3n) is 5.08. The highest BCUT2D eigenvalue weighted by Gasteiger charge is 2.27. The summed E-state index contributed by atoms with van der Waals surface area (Å²) in [7, 11) is 0. The Morgan fingerprint density at radius 2 is 1.89 bits per heavy atom. The van der Waals surface area contributed by atoms with Gasteiger partial charge in [-0.1, -0.05) is 30.3 Å². The van der Waals surface area contributed by atoms with Gasteiger partial charge in [-0.05, 0) is 42.9 Å². The summed E-state index contributed by atoms with van der Waals surface area (Å²) in [6.07, 6.45) is 3.59. The Morgan fingerprint density at radius 3 is 2.56 bits per heavy atom. The van der Waals surface area contributed by atoms with Gasteiger partial charge >= 0.3 is 0 Å². The quantitative estimate of drug-likeness (QED) is 0.734. The predicted molar refractivity (Wildman–Crippen MR) is 101 cm³/mol. The van der Waals surface area contributed by atoms with Gasteiger partial charge in [0.15, 0.2) is 5.76 Å². The number of hydrogen-bond donors (Lipinski definition) is 2. The zero-order valence-corrected chi connectivity index (χ0v) is 15.3. The van der Waals surface area contributed by atoms with Crippen LogP contribution in [0.25, 0.3) is 0 Å². The number of carbonyl (C=O) groups is 2. The van der Waals surface area contributed by atoms with Crippen molar-refractivity contribution in [2.45, 2.75) is 31.8 Å². The van der Waals surface area contributed by atoms with Crippen LogP contribution >= 0.6 is 0 Å². The summed E-state index contributed by atoms with van der Waals surface area (Å²) in [5.41, 5.74) is 0.939. The first-order valence-corrected chi connectivity index (χ1v) is 9.47. The van der Waals surface area contributed by atoms with Crippen LogP contribution in [0.15, 0.2) is 53.1 Å². The van der Waals surface area contributed by atoms with Crippen molar-refractivity contribution in [2.24, 2.45) is 5.92 Å². The summed E-state index contributed by atoms with van der Waals surface area (Å²) in [5, 5.41) is 13.3. The van der Waals surface area contributed by atoms with E-state index in [1.165, 1.54) is 6.26 Å². The van der Waals surface area contributed by atoms with E-state index in [9.17, 15) is 14.7 Å². The van der Waals surface area contributed by atoms with E-state index in [0.29, 0.717) is 32.5 Å². The third-order valence-corrected chi connectivity index (χ3v) is 5.08. The van der Waals surface area contributed by atoms with Gasteiger partial charge in [-0.2, -0.15) is 0 Å². The fraction of sp³-hybridized carbons (Fsp3) is 0.429. The molecule has 1 aliphatic rings. The Bertz CT molecular complexity index is 722. The van der Waals surface area contributed by atoms with Crippen LogP contribution in [0.3, 0.4) is 0 Å². The van der Waals surface area contributed by atoms with Crippen molar-refractivity contribution in [3.05, 3.63) is 60.1 Å². The van der Waals surface area contributed by atoms with Crippen LogP contribution in [0.2, 0.25) is 0 Å². The summed E-state index contributed by atoms with van der Waals surface area (Å²) in [5.74, 6) is 0.308. The number of aliphatic hydroxyl groups is 1. The maximum absolute atomic E-state index is 12.4. The molecular weight excluding hydrogens is 344 g/mol. The van der Waals surface area contributed by atoms with E-state index in [0.717, 1.165) is 18.4 Å². The first-order valence-electron chi connectivity index (χ1n) is 9.47. The molecule has 2 amide bonds. The number of rotatable bonds is 7. The average molecular weight is 370 g/mol. The Balaban J connectivity index is 1.35. The van der Waals surface area contributed by atoms with Crippen molar-refractivity contribution in [3.8, 4) is 0 Å². The molecule has 27 heavy (non-hydrogen) atoms. The SMILES string of the molecule is O=C(NCCCC(=O)N1CCC(C(O)c2ccccc2)CC1)c1ccco1. The average Bonchev–Trinajstić information content (AvgIpc) is 3.26. The molecule has 3 rings (SSSR count). The predicted octanol–water partition coefficient (Wildman–Crippen LogP) is 2.76. The number of amides is 2. The fourth-order valence-electron chi connectivity index (χ4n) is 3.48. The van der Waals surface area contributed by atoms with Crippen LogP contribution in [-0.4, -0.2) is 41.5 Å². The molecule has 6 nitrogen and oxygen atoms in total. The van der Waals surface area contributed by atoms with E-state index in [1.807, 2.05) is 35.2 Å². The summed E-state index contributed by atoms with van der Waals surface area (Å²) >= 11 is 0. The standard InChI is InChI=1S/C21H26N2O4/c24-19(9-4-12-22-21(26)18-8-5-15-27-18)23-13-10-17(11-14-23)20(25)16-6-2-1-3-7-16/h1-3,5-8,15,17,20,25H,4,9-14H2,(H,22,26). The molecule has 2 heterocycles. The van der Waals surface area contributed by atoms with Gasteiger partial charge in [0.05, 0.1) is 12.4 Å². The van der Waals surface area contributed by atoms with E-state index in [4.69, 9.17) is 4.42 Å². The second kappa shape index (κ2) is 9.37. The number of likely N-dealkylation sites (tertiary alicyclic amines) is 1. The maximum Gasteiger partial charge on any atom is 0.286 e. The van der Waals surface area contributed by atoms with Crippen molar-refractivity contribution in [1.82, 2.24) is 10.2 Å². The lowest BCUT2D eigenvalue weighted by molar-refractivity contribution is -0.133. The first kappa shape index (κ1) is 19.2. The van der Waals surface area contributed by atoms with Gasteiger partial charge in [0.1, 0.15) is 0 Å². The highest BCUT2D eigenvalue weighted by atomic mass is 16.3.